The number of carboxylic acids is 1. The molecule has 30 heavy (non-hydrogen) atoms. The van der Waals surface area contributed by atoms with Crippen LogP contribution < -0.4 is 4.72 Å². The second kappa shape index (κ2) is 9.67. The number of furan rings is 1. The van der Waals surface area contributed by atoms with Gasteiger partial charge in [-0.15, -0.1) is 0 Å². The number of carbonyl (C=O) groups is 1. The summed E-state index contributed by atoms with van der Waals surface area (Å²) in [6, 6.07) is 4.02. The van der Waals surface area contributed by atoms with Gasteiger partial charge in [-0.1, -0.05) is 0 Å². The average molecular weight is 456 g/mol. The summed E-state index contributed by atoms with van der Waals surface area (Å²) >= 11 is 0. The highest BCUT2D eigenvalue weighted by atomic mass is 32.2. The highest BCUT2D eigenvalue weighted by Gasteiger charge is 2.43. The highest BCUT2D eigenvalue weighted by Crippen LogP contribution is 2.37. The van der Waals surface area contributed by atoms with Gasteiger partial charge in [0.2, 0.25) is 10.0 Å². The number of hydrogen-bond acceptors (Lipinski definition) is 6. The molecule has 0 radical (unpaired) electrons. The van der Waals surface area contributed by atoms with Crippen LogP contribution in [0.3, 0.4) is 0 Å². The largest absolute Gasteiger partial charge is 0.490 e. The molecule has 0 aromatic carbocycles. The van der Waals surface area contributed by atoms with E-state index in [4.69, 9.17) is 19.1 Å². The van der Waals surface area contributed by atoms with Crippen molar-refractivity contribution in [2.24, 2.45) is 0 Å². The average Bonchev–Trinajstić information content (AvgIpc) is 3.19. The lowest BCUT2D eigenvalue weighted by Crippen LogP contribution is -2.46. The lowest BCUT2D eigenvalue weighted by molar-refractivity contribution is -0.192. The number of hydrogen-bond donors (Lipinski definition) is 2. The van der Waals surface area contributed by atoms with Gasteiger partial charge in [0.1, 0.15) is 11.5 Å². The Morgan fingerprint density at radius 1 is 1.37 bits per heavy atom. The summed E-state index contributed by atoms with van der Waals surface area (Å²) in [6.45, 7) is 5.02. The van der Waals surface area contributed by atoms with Gasteiger partial charge < -0.3 is 14.3 Å². The molecule has 3 heterocycles. The fourth-order valence-electron chi connectivity index (χ4n) is 3.66. The summed E-state index contributed by atoms with van der Waals surface area (Å²) in [5, 5.41) is 7.12. The van der Waals surface area contributed by atoms with Crippen LogP contribution in [0, 0.1) is 6.92 Å². The van der Waals surface area contributed by atoms with E-state index in [-0.39, 0.29) is 11.7 Å². The van der Waals surface area contributed by atoms with Gasteiger partial charge >= 0.3 is 12.1 Å². The summed E-state index contributed by atoms with van der Waals surface area (Å²) in [5.74, 6) is -0.826. The molecule has 12 heteroatoms. The number of ether oxygens (including phenoxy) is 1. The van der Waals surface area contributed by atoms with Gasteiger partial charge in [0.15, 0.2) is 0 Å². The number of sulfonamides is 1. The molecule has 2 atom stereocenters. The topological polar surface area (TPSA) is 109 Å². The van der Waals surface area contributed by atoms with E-state index in [1.54, 1.807) is 0 Å². The van der Waals surface area contributed by atoms with E-state index >= 15 is 0 Å². The van der Waals surface area contributed by atoms with E-state index in [1.807, 2.05) is 19.1 Å². The van der Waals surface area contributed by atoms with Crippen LogP contribution in [-0.4, -0.2) is 68.2 Å². The van der Waals surface area contributed by atoms with E-state index in [0.29, 0.717) is 6.54 Å². The minimum Gasteiger partial charge on any atom is -0.475 e. The molecule has 0 saturated carbocycles. The first-order valence-corrected chi connectivity index (χ1v) is 11.4. The van der Waals surface area contributed by atoms with Gasteiger partial charge in [0, 0.05) is 19.6 Å². The Morgan fingerprint density at radius 3 is 2.57 bits per heavy atom. The van der Waals surface area contributed by atoms with Gasteiger partial charge in [-0.25, -0.2) is 17.9 Å². The van der Waals surface area contributed by atoms with Crippen LogP contribution in [0.15, 0.2) is 16.5 Å². The van der Waals surface area contributed by atoms with Gasteiger partial charge in [-0.05, 0) is 44.7 Å². The lowest BCUT2D eigenvalue weighted by Gasteiger charge is -2.38. The molecule has 1 aromatic heterocycles. The molecule has 0 unspecified atom stereocenters. The predicted octanol–water partition coefficient (Wildman–Crippen LogP) is 2.28. The molecule has 2 saturated heterocycles. The third-order valence-corrected chi connectivity index (χ3v) is 5.65. The quantitative estimate of drug-likeness (QED) is 0.700. The number of halogens is 3. The van der Waals surface area contributed by atoms with Gasteiger partial charge in [-0.2, -0.15) is 13.2 Å². The monoisotopic (exact) mass is 456 g/mol. The van der Waals surface area contributed by atoms with Crippen LogP contribution >= 0.6 is 0 Å². The molecule has 2 aliphatic heterocycles. The number of alkyl halides is 3. The molecule has 0 amide bonds. The van der Waals surface area contributed by atoms with Crippen LogP contribution in [0.5, 0.6) is 0 Å². The molecular formula is C18H27F3N2O6S. The normalized spacial score (nSPS) is 25.2. The van der Waals surface area contributed by atoms with Crippen molar-refractivity contribution < 1.29 is 40.6 Å². The molecule has 1 aromatic rings. The summed E-state index contributed by atoms with van der Waals surface area (Å²) in [5.41, 5.74) is -0.121. The molecule has 172 valence electrons. The van der Waals surface area contributed by atoms with Crippen molar-refractivity contribution in [2.45, 2.75) is 57.0 Å². The van der Waals surface area contributed by atoms with E-state index < -0.39 is 22.2 Å². The van der Waals surface area contributed by atoms with Crippen LogP contribution in [0.4, 0.5) is 13.2 Å². The maximum Gasteiger partial charge on any atom is 0.490 e. The fraction of sp³-hybridized carbons (Fsp3) is 0.722. The molecule has 2 aliphatic rings. The predicted molar refractivity (Wildman–Crippen MR) is 101 cm³/mol. The second-order valence-corrected chi connectivity index (χ2v) is 9.54. The van der Waals surface area contributed by atoms with Crippen molar-refractivity contribution in [3.63, 3.8) is 0 Å². The molecule has 2 fully saturated rings. The molecule has 1 spiro atoms. The number of carboxylic acid groups (broad SMARTS) is 1. The molecular weight excluding hydrogens is 429 g/mol. The molecule has 3 rings (SSSR count). The standard InChI is InChI=1S/C16H26N2O4S.C2HF3O2/c1-13-5-6-15(21-13)11-18-9-8-16(12-18)7-3-4-14(22-16)10-17-23(2,19)20;3-2(4,5)1(6)7/h5-6,14,17H,3-4,7-12H2,1-2H3;(H,6,7)/t14-,16+;/m0./s1. The molecule has 8 nitrogen and oxygen atoms in total. The number of nitrogens with one attached hydrogen (secondary N) is 1. The van der Waals surface area contributed by atoms with E-state index in [1.165, 1.54) is 6.26 Å². The minimum absolute atomic E-state index is 0.0238. The van der Waals surface area contributed by atoms with Crippen LogP contribution in [0.25, 0.3) is 0 Å². The van der Waals surface area contributed by atoms with Crippen molar-refractivity contribution >= 4 is 16.0 Å². The Morgan fingerprint density at radius 2 is 2.03 bits per heavy atom. The molecule has 2 N–H and O–H groups in total. The Bertz CT molecular complexity index is 826. The first-order chi connectivity index (χ1) is 13.8. The summed E-state index contributed by atoms with van der Waals surface area (Å²) in [4.78, 5) is 11.3. The summed E-state index contributed by atoms with van der Waals surface area (Å²) < 4.78 is 68.8. The number of rotatable bonds is 5. The Balaban J connectivity index is 0.000000396. The zero-order valence-electron chi connectivity index (χ0n) is 16.9. The van der Waals surface area contributed by atoms with Crippen molar-refractivity contribution in [3.05, 3.63) is 23.7 Å². The smallest absolute Gasteiger partial charge is 0.475 e. The van der Waals surface area contributed by atoms with E-state index in [2.05, 4.69) is 9.62 Å². The first-order valence-electron chi connectivity index (χ1n) is 9.48. The van der Waals surface area contributed by atoms with Crippen molar-refractivity contribution in [2.75, 3.05) is 25.9 Å². The number of aliphatic carboxylic acids is 1. The van der Waals surface area contributed by atoms with E-state index in [0.717, 1.165) is 56.8 Å². The summed E-state index contributed by atoms with van der Waals surface area (Å²) in [7, 11) is -3.16. The Hall–Kier alpha value is -1.63. The maximum absolute atomic E-state index is 11.3. The van der Waals surface area contributed by atoms with Crippen LogP contribution in [-0.2, 0) is 26.1 Å². The minimum atomic E-state index is -5.08. The SMILES string of the molecule is Cc1ccc(CN2CC[C@]3(CCC[C@@H](CNS(C)(=O)=O)O3)C2)o1.O=C(O)C(F)(F)F. The van der Waals surface area contributed by atoms with Crippen LogP contribution in [0.2, 0.25) is 0 Å². The van der Waals surface area contributed by atoms with Gasteiger partial charge in [0.05, 0.1) is 24.5 Å². The zero-order valence-corrected chi connectivity index (χ0v) is 17.7. The zero-order chi connectivity index (χ0) is 22.6. The highest BCUT2D eigenvalue weighted by molar-refractivity contribution is 7.88. The number of aryl methyl sites for hydroxylation is 1. The fourth-order valence-corrected chi connectivity index (χ4v) is 4.15. The third kappa shape index (κ3) is 7.89. The number of likely N-dealkylation sites (tertiary alicyclic amines) is 1. The lowest BCUT2D eigenvalue weighted by atomic mass is 9.90. The van der Waals surface area contributed by atoms with E-state index in [9.17, 15) is 21.6 Å². The van der Waals surface area contributed by atoms with Gasteiger partial charge in [-0.3, -0.25) is 4.90 Å². The maximum atomic E-state index is 11.3. The molecule has 0 aliphatic carbocycles. The summed E-state index contributed by atoms with van der Waals surface area (Å²) in [6.07, 6.45) is 0.141. The Labute approximate surface area is 173 Å². The first kappa shape index (κ1) is 24.6. The van der Waals surface area contributed by atoms with Gasteiger partial charge in [0.25, 0.3) is 0 Å². The van der Waals surface area contributed by atoms with Crippen LogP contribution in [0.1, 0.15) is 37.2 Å². The Kier molecular flexibility index (Phi) is 7.94. The number of nitrogens with zero attached hydrogens (tertiary/aromatic N) is 1. The van der Waals surface area contributed by atoms with Crippen molar-refractivity contribution in [1.29, 1.82) is 0 Å². The van der Waals surface area contributed by atoms with Crippen molar-refractivity contribution in [3.8, 4) is 0 Å². The second-order valence-electron chi connectivity index (χ2n) is 7.71. The third-order valence-electron chi connectivity index (χ3n) is 4.96. The molecule has 0 bridgehead atoms. The van der Waals surface area contributed by atoms with Crippen molar-refractivity contribution in [1.82, 2.24) is 9.62 Å².